The van der Waals surface area contributed by atoms with E-state index in [1.807, 2.05) is 0 Å². The van der Waals surface area contributed by atoms with Gasteiger partial charge < -0.3 is 20.3 Å². The van der Waals surface area contributed by atoms with Crippen LogP contribution in [-0.2, 0) is 19.1 Å². The van der Waals surface area contributed by atoms with Crippen molar-refractivity contribution in [3.05, 3.63) is 34.2 Å². The van der Waals surface area contributed by atoms with Crippen molar-refractivity contribution in [3.63, 3.8) is 0 Å². The van der Waals surface area contributed by atoms with Crippen LogP contribution in [-0.4, -0.2) is 54.3 Å². The van der Waals surface area contributed by atoms with E-state index < -0.39 is 5.91 Å². The molecule has 1 aromatic carbocycles. The van der Waals surface area contributed by atoms with Crippen LogP contribution in [0, 0.1) is 0 Å². The molecule has 1 fully saturated rings. The number of nitrogens with one attached hydrogen (secondary N) is 2. The van der Waals surface area contributed by atoms with Crippen molar-refractivity contribution in [1.29, 1.82) is 0 Å². The van der Waals surface area contributed by atoms with Gasteiger partial charge in [0.2, 0.25) is 11.8 Å². The highest BCUT2D eigenvalue weighted by molar-refractivity contribution is 6.02. The summed E-state index contributed by atoms with van der Waals surface area (Å²) in [6, 6.07) is 4.55. The third-order valence-corrected chi connectivity index (χ3v) is 5.91. The number of hydrogen-bond acceptors (Lipinski definition) is 6. The zero-order valence-corrected chi connectivity index (χ0v) is 21.1. The third kappa shape index (κ3) is 9.95. The number of hydrogen-bond donors (Lipinski definition) is 2. The van der Waals surface area contributed by atoms with Crippen LogP contribution in [0.1, 0.15) is 82.0 Å². The maximum absolute atomic E-state index is 13.5. The summed E-state index contributed by atoms with van der Waals surface area (Å²) >= 11 is 0. The fraction of sp³-hybridized carbons (Fsp3) is 0.600. The Bertz CT molecular complexity index is 970. The maximum Gasteiger partial charge on any atom is 0.305 e. The minimum atomic E-state index is -0.478. The largest absolute Gasteiger partial charge is 0.466 e. The van der Waals surface area contributed by atoms with Crippen LogP contribution in [0.4, 0.5) is 11.4 Å². The van der Waals surface area contributed by atoms with Gasteiger partial charge >= 0.3 is 5.97 Å². The Morgan fingerprint density at radius 1 is 1.14 bits per heavy atom. The first kappa shape index (κ1) is 28.6. The molecule has 0 atom stereocenters. The van der Waals surface area contributed by atoms with Crippen molar-refractivity contribution in [2.75, 3.05) is 25.0 Å². The van der Waals surface area contributed by atoms with Crippen LogP contribution in [0.15, 0.2) is 23.3 Å². The molecule has 0 heterocycles. The number of ether oxygens (including phenoxy) is 1. The smallest absolute Gasteiger partial charge is 0.305 e. The zero-order chi connectivity index (χ0) is 26.3. The van der Waals surface area contributed by atoms with E-state index in [4.69, 9.17) is 10.3 Å². The maximum atomic E-state index is 13.5. The Kier molecular flexibility index (Phi) is 12.3. The average Bonchev–Trinajstić information content (AvgIpc) is 2.84. The molecule has 36 heavy (non-hydrogen) atoms. The summed E-state index contributed by atoms with van der Waals surface area (Å²) < 4.78 is 4.94. The standard InChI is InChI=1S/C25H36N6O5/c1-3-36-24(34)12-8-5-9-15-31(17-23(33)28-19-10-6-4-7-11-19)25(35)21-16-20(27-18(2)32)13-14-22(21)29-30-26/h13-14,16,19H,3-12,15,17H2,1-2H3,(H,27,32)(H,28,33). The number of rotatable bonds is 13. The molecule has 0 saturated heterocycles. The molecule has 0 aliphatic heterocycles. The Morgan fingerprint density at radius 3 is 2.56 bits per heavy atom. The van der Waals surface area contributed by atoms with Gasteiger partial charge in [0.1, 0.15) is 0 Å². The molecular weight excluding hydrogens is 464 g/mol. The fourth-order valence-corrected chi connectivity index (χ4v) is 4.22. The van der Waals surface area contributed by atoms with Crippen LogP contribution in [0.5, 0.6) is 0 Å². The number of amides is 3. The fourth-order valence-electron chi connectivity index (χ4n) is 4.22. The molecule has 1 aromatic rings. The van der Waals surface area contributed by atoms with E-state index in [2.05, 4.69) is 20.7 Å². The first-order valence-electron chi connectivity index (χ1n) is 12.5. The second kappa shape index (κ2) is 15.4. The molecule has 3 amide bonds. The minimum absolute atomic E-state index is 0.0936. The minimum Gasteiger partial charge on any atom is -0.466 e. The van der Waals surface area contributed by atoms with Crippen molar-refractivity contribution in [1.82, 2.24) is 10.2 Å². The van der Waals surface area contributed by atoms with Gasteiger partial charge in [-0.15, -0.1) is 0 Å². The summed E-state index contributed by atoms with van der Waals surface area (Å²) in [7, 11) is 0. The molecule has 1 aliphatic carbocycles. The lowest BCUT2D eigenvalue weighted by molar-refractivity contribution is -0.143. The number of carbonyl (C=O) groups excluding carboxylic acids is 4. The Hall–Kier alpha value is -3.59. The first-order valence-corrected chi connectivity index (χ1v) is 12.5. The van der Waals surface area contributed by atoms with Crippen molar-refractivity contribution in [3.8, 4) is 0 Å². The molecular formula is C25H36N6O5. The number of nitrogens with zero attached hydrogens (tertiary/aromatic N) is 4. The van der Waals surface area contributed by atoms with Gasteiger partial charge in [0, 0.05) is 36.5 Å². The Labute approximate surface area is 211 Å². The van der Waals surface area contributed by atoms with Crippen molar-refractivity contribution < 1.29 is 23.9 Å². The monoisotopic (exact) mass is 500 g/mol. The number of unbranched alkanes of at least 4 members (excludes halogenated alkanes) is 2. The molecule has 1 aliphatic rings. The lowest BCUT2D eigenvalue weighted by atomic mass is 9.95. The van der Waals surface area contributed by atoms with E-state index in [0.717, 1.165) is 32.1 Å². The van der Waals surface area contributed by atoms with Gasteiger partial charge in [-0.3, -0.25) is 19.2 Å². The van der Waals surface area contributed by atoms with Crippen LogP contribution in [0.25, 0.3) is 10.4 Å². The SMILES string of the molecule is CCOC(=O)CCCCCN(CC(=O)NC1CCCCC1)C(=O)c1cc(NC(C)=O)ccc1N=[N+]=[N-]. The van der Waals surface area contributed by atoms with E-state index >= 15 is 0 Å². The summed E-state index contributed by atoms with van der Waals surface area (Å²) in [6.45, 7) is 3.57. The Balaban J connectivity index is 2.16. The van der Waals surface area contributed by atoms with Gasteiger partial charge in [0.05, 0.1) is 24.4 Å². The first-order chi connectivity index (χ1) is 17.3. The molecule has 196 valence electrons. The van der Waals surface area contributed by atoms with E-state index in [9.17, 15) is 19.2 Å². The number of esters is 1. The molecule has 2 N–H and O–H groups in total. The molecule has 11 heteroatoms. The second-order valence-corrected chi connectivity index (χ2v) is 8.85. The van der Waals surface area contributed by atoms with Crippen LogP contribution < -0.4 is 10.6 Å². The van der Waals surface area contributed by atoms with E-state index in [1.165, 1.54) is 30.0 Å². The van der Waals surface area contributed by atoms with Crippen molar-refractivity contribution >= 4 is 35.1 Å². The molecule has 11 nitrogen and oxygen atoms in total. The highest BCUT2D eigenvalue weighted by atomic mass is 16.5. The number of anilines is 1. The summed E-state index contributed by atoms with van der Waals surface area (Å²) in [5, 5.41) is 9.27. The van der Waals surface area contributed by atoms with Gasteiger partial charge in [-0.05, 0) is 56.3 Å². The van der Waals surface area contributed by atoms with Crippen molar-refractivity contribution in [2.45, 2.75) is 77.7 Å². The van der Waals surface area contributed by atoms with Crippen LogP contribution in [0.2, 0.25) is 0 Å². The van der Waals surface area contributed by atoms with Gasteiger partial charge in [0.15, 0.2) is 0 Å². The molecule has 0 unspecified atom stereocenters. The van der Waals surface area contributed by atoms with Gasteiger partial charge in [-0.25, -0.2) is 0 Å². The van der Waals surface area contributed by atoms with Gasteiger partial charge in [-0.2, -0.15) is 0 Å². The average molecular weight is 501 g/mol. The quantitative estimate of drug-likeness (QED) is 0.133. The molecule has 0 radical (unpaired) electrons. The lowest BCUT2D eigenvalue weighted by Gasteiger charge is -2.27. The predicted octanol–water partition coefficient (Wildman–Crippen LogP) is 4.60. The summed E-state index contributed by atoms with van der Waals surface area (Å²) in [5.74, 6) is -1.29. The van der Waals surface area contributed by atoms with E-state index in [-0.39, 0.29) is 48.2 Å². The molecule has 0 aromatic heterocycles. The summed E-state index contributed by atoms with van der Waals surface area (Å²) in [5.41, 5.74) is 9.53. The molecule has 2 rings (SSSR count). The number of carbonyl (C=O) groups is 4. The number of azide groups is 1. The highest BCUT2D eigenvalue weighted by Crippen LogP contribution is 2.26. The highest BCUT2D eigenvalue weighted by Gasteiger charge is 2.23. The van der Waals surface area contributed by atoms with Gasteiger partial charge in [0.25, 0.3) is 5.91 Å². The summed E-state index contributed by atoms with van der Waals surface area (Å²) in [6.07, 6.45) is 7.29. The molecule has 1 saturated carbocycles. The molecule has 0 bridgehead atoms. The second-order valence-electron chi connectivity index (χ2n) is 8.85. The summed E-state index contributed by atoms with van der Waals surface area (Å²) in [4.78, 5) is 53.6. The predicted molar refractivity (Wildman–Crippen MR) is 136 cm³/mol. The van der Waals surface area contributed by atoms with E-state index in [0.29, 0.717) is 38.0 Å². The zero-order valence-electron chi connectivity index (χ0n) is 21.1. The Morgan fingerprint density at radius 2 is 1.89 bits per heavy atom. The van der Waals surface area contributed by atoms with Gasteiger partial charge in [-0.1, -0.05) is 30.8 Å². The number of benzene rings is 1. The third-order valence-electron chi connectivity index (χ3n) is 5.91. The van der Waals surface area contributed by atoms with E-state index in [1.54, 1.807) is 6.92 Å². The van der Waals surface area contributed by atoms with Crippen LogP contribution in [0.3, 0.4) is 0 Å². The topological polar surface area (TPSA) is 154 Å². The van der Waals surface area contributed by atoms with Crippen LogP contribution >= 0.6 is 0 Å². The molecule has 0 spiro atoms. The lowest BCUT2D eigenvalue weighted by Crippen LogP contribution is -2.45. The normalized spacial score (nSPS) is 13.3. The van der Waals surface area contributed by atoms with Crippen molar-refractivity contribution in [2.24, 2.45) is 5.11 Å².